The van der Waals surface area contributed by atoms with Gasteiger partial charge in [-0.15, -0.1) is 0 Å². The van der Waals surface area contributed by atoms with E-state index in [1.54, 1.807) is 0 Å². The van der Waals surface area contributed by atoms with Crippen LogP contribution in [0.2, 0.25) is 0 Å². The van der Waals surface area contributed by atoms with Gasteiger partial charge in [0.15, 0.2) is 0 Å². The second-order valence-corrected chi connectivity index (χ2v) is 6.00. The molecule has 120 valence electrons. The quantitative estimate of drug-likeness (QED) is 0.632. The van der Waals surface area contributed by atoms with Gasteiger partial charge in [-0.2, -0.15) is 0 Å². The molecule has 0 unspecified atom stereocenters. The zero-order chi connectivity index (χ0) is 15.5. The SMILES string of the molecule is CCCN(CCN(C)C)Cc1ccc(CCNCC)cc1. The summed E-state index contributed by atoms with van der Waals surface area (Å²) in [7, 11) is 4.28. The maximum atomic E-state index is 3.37. The first-order chi connectivity index (χ1) is 10.2. The van der Waals surface area contributed by atoms with Crippen molar-refractivity contribution in [2.75, 3.05) is 46.8 Å². The summed E-state index contributed by atoms with van der Waals surface area (Å²) in [6.45, 7) is 11.0. The number of nitrogens with one attached hydrogen (secondary N) is 1. The molecule has 0 aliphatic rings. The van der Waals surface area contributed by atoms with Gasteiger partial charge in [-0.05, 0) is 57.7 Å². The monoisotopic (exact) mass is 291 g/mol. The molecule has 0 saturated heterocycles. The number of benzene rings is 1. The lowest BCUT2D eigenvalue weighted by Gasteiger charge is -2.23. The third kappa shape index (κ3) is 8.20. The molecule has 0 radical (unpaired) electrons. The second kappa shape index (κ2) is 10.8. The maximum absolute atomic E-state index is 3.37. The van der Waals surface area contributed by atoms with Gasteiger partial charge in [-0.1, -0.05) is 38.1 Å². The predicted molar refractivity (Wildman–Crippen MR) is 92.8 cm³/mol. The molecule has 1 aromatic carbocycles. The van der Waals surface area contributed by atoms with Crippen LogP contribution in [0.25, 0.3) is 0 Å². The van der Waals surface area contributed by atoms with Crippen LogP contribution in [0, 0.1) is 0 Å². The maximum Gasteiger partial charge on any atom is 0.0234 e. The van der Waals surface area contributed by atoms with Gasteiger partial charge >= 0.3 is 0 Å². The Kier molecular flexibility index (Phi) is 9.31. The van der Waals surface area contributed by atoms with Crippen molar-refractivity contribution in [1.29, 1.82) is 0 Å². The molecular formula is C18H33N3. The Morgan fingerprint density at radius 3 is 2.14 bits per heavy atom. The average molecular weight is 291 g/mol. The van der Waals surface area contributed by atoms with Gasteiger partial charge in [-0.25, -0.2) is 0 Å². The highest BCUT2D eigenvalue weighted by Gasteiger charge is 2.05. The van der Waals surface area contributed by atoms with Crippen molar-refractivity contribution in [3.63, 3.8) is 0 Å². The third-order valence-corrected chi connectivity index (χ3v) is 3.67. The van der Waals surface area contributed by atoms with Gasteiger partial charge in [0.2, 0.25) is 0 Å². The van der Waals surface area contributed by atoms with E-state index in [9.17, 15) is 0 Å². The molecule has 0 aliphatic heterocycles. The normalized spacial score (nSPS) is 11.5. The van der Waals surface area contributed by atoms with Crippen LogP contribution in [0.1, 0.15) is 31.4 Å². The van der Waals surface area contributed by atoms with E-state index in [1.807, 2.05) is 0 Å². The van der Waals surface area contributed by atoms with Gasteiger partial charge in [0.25, 0.3) is 0 Å². The molecule has 0 spiro atoms. The highest BCUT2D eigenvalue weighted by atomic mass is 15.2. The zero-order valence-electron chi connectivity index (χ0n) is 14.4. The molecule has 0 aromatic heterocycles. The van der Waals surface area contributed by atoms with Gasteiger partial charge in [0, 0.05) is 19.6 Å². The van der Waals surface area contributed by atoms with Crippen LogP contribution in [-0.2, 0) is 13.0 Å². The van der Waals surface area contributed by atoms with Crippen molar-refractivity contribution in [3.05, 3.63) is 35.4 Å². The summed E-state index contributed by atoms with van der Waals surface area (Å²) in [6, 6.07) is 9.14. The molecule has 1 aromatic rings. The van der Waals surface area contributed by atoms with Crippen LogP contribution in [-0.4, -0.2) is 56.6 Å². The molecular weight excluding hydrogens is 258 g/mol. The Labute approximate surface area is 131 Å². The average Bonchev–Trinajstić information content (AvgIpc) is 2.47. The van der Waals surface area contributed by atoms with Crippen molar-refractivity contribution in [2.24, 2.45) is 0 Å². The summed E-state index contributed by atoms with van der Waals surface area (Å²) >= 11 is 0. The first kappa shape index (κ1) is 18.1. The van der Waals surface area contributed by atoms with E-state index in [0.29, 0.717) is 0 Å². The largest absolute Gasteiger partial charge is 0.317 e. The van der Waals surface area contributed by atoms with E-state index in [1.165, 1.54) is 24.1 Å². The fraction of sp³-hybridized carbons (Fsp3) is 0.667. The Balaban J connectivity index is 2.46. The van der Waals surface area contributed by atoms with Crippen LogP contribution in [0.3, 0.4) is 0 Å². The number of nitrogens with zero attached hydrogens (tertiary/aromatic N) is 2. The summed E-state index contributed by atoms with van der Waals surface area (Å²) in [4.78, 5) is 4.81. The van der Waals surface area contributed by atoms with Crippen LogP contribution >= 0.6 is 0 Å². The minimum atomic E-state index is 1.05. The molecule has 0 amide bonds. The Morgan fingerprint density at radius 2 is 1.57 bits per heavy atom. The highest BCUT2D eigenvalue weighted by Crippen LogP contribution is 2.08. The number of hydrogen-bond acceptors (Lipinski definition) is 3. The van der Waals surface area contributed by atoms with Crippen LogP contribution in [0.5, 0.6) is 0 Å². The lowest BCUT2D eigenvalue weighted by Crippen LogP contribution is -2.32. The summed E-state index contributed by atoms with van der Waals surface area (Å²) in [5.41, 5.74) is 2.85. The van der Waals surface area contributed by atoms with Crippen LogP contribution in [0.15, 0.2) is 24.3 Å². The van der Waals surface area contributed by atoms with Crippen LogP contribution in [0.4, 0.5) is 0 Å². The van der Waals surface area contributed by atoms with Gasteiger partial charge < -0.3 is 10.2 Å². The minimum absolute atomic E-state index is 1.05. The fourth-order valence-electron chi connectivity index (χ4n) is 2.41. The Hall–Kier alpha value is -0.900. The molecule has 0 saturated carbocycles. The van der Waals surface area contributed by atoms with Crippen molar-refractivity contribution < 1.29 is 0 Å². The first-order valence-electron chi connectivity index (χ1n) is 8.31. The first-order valence-corrected chi connectivity index (χ1v) is 8.31. The lowest BCUT2D eigenvalue weighted by atomic mass is 10.1. The van der Waals surface area contributed by atoms with E-state index >= 15 is 0 Å². The molecule has 3 heteroatoms. The molecule has 0 bridgehead atoms. The summed E-state index contributed by atoms with van der Waals surface area (Å²) in [6.07, 6.45) is 2.33. The molecule has 0 fully saturated rings. The molecule has 3 nitrogen and oxygen atoms in total. The zero-order valence-corrected chi connectivity index (χ0v) is 14.4. The summed E-state index contributed by atoms with van der Waals surface area (Å²) < 4.78 is 0. The van der Waals surface area contributed by atoms with E-state index in [2.05, 4.69) is 67.3 Å². The molecule has 0 atom stereocenters. The van der Waals surface area contributed by atoms with Gasteiger partial charge in [0.1, 0.15) is 0 Å². The number of hydrogen-bond donors (Lipinski definition) is 1. The molecule has 21 heavy (non-hydrogen) atoms. The second-order valence-electron chi connectivity index (χ2n) is 6.00. The standard InChI is InChI=1S/C18H33N3/c1-5-13-21(15-14-20(3)4)16-18-9-7-17(8-10-18)11-12-19-6-2/h7-10,19H,5-6,11-16H2,1-4H3. The molecule has 1 rings (SSSR count). The Morgan fingerprint density at radius 1 is 0.905 bits per heavy atom. The van der Waals surface area contributed by atoms with Gasteiger partial charge in [0.05, 0.1) is 0 Å². The molecule has 0 heterocycles. The lowest BCUT2D eigenvalue weighted by molar-refractivity contribution is 0.234. The highest BCUT2D eigenvalue weighted by molar-refractivity contribution is 5.22. The van der Waals surface area contributed by atoms with Crippen molar-refractivity contribution in [2.45, 2.75) is 33.2 Å². The number of likely N-dealkylation sites (N-methyl/N-ethyl adjacent to an activating group) is 2. The van der Waals surface area contributed by atoms with E-state index < -0.39 is 0 Å². The van der Waals surface area contributed by atoms with E-state index in [-0.39, 0.29) is 0 Å². The third-order valence-electron chi connectivity index (χ3n) is 3.67. The summed E-state index contributed by atoms with van der Waals surface area (Å²) in [5, 5.41) is 3.37. The Bertz CT molecular complexity index is 359. The molecule has 1 N–H and O–H groups in total. The van der Waals surface area contributed by atoms with Crippen molar-refractivity contribution in [3.8, 4) is 0 Å². The van der Waals surface area contributed by atoms with Crippen molar-refractivity contribution in [1.82, 2.24) is 15.1 Å². The van der Waals surface area contributed by atoms with E-state index in [0.717, 1.165) is 39.1 Å². The van der Waals surface area contributed by atoms with E-state index in [4.69, 9.17) is 0 Å². The summed E-state index contributed by atoms with van der Waals surface area (Å²) in [5.74, 6) is 0. The smallest absolute Gasteiger partial charge is 0.0234 e. The molecule has 0 aliphatic carbocycles. The van der Waals surface area contributed by atoms with Crippen molar-refractivity contribution >= 4 is 0 Å². The number of rotatable bonds is 11. The topological polar surface area (TPSA) is 18.5 Å². The van der Waals surface area contributed by atoms with Crippen LogP contribution < -0.4 is 5.32 Å². The minimum Gasteiger partial charge on any atom is -0.317 e. The fourth-order valence-corrected chi connectivity index (χ4v) is 2.41. The predicted octanol–water partition coefficient (Wildman–Crippen LogP) is 2.61. The van der Waals surface area contributed by atoms with Gasteiger partial charge in [-0.3, -0.25) is 4.90 Å².